The number of piperidine rings is 2. The first-order chi connectivity index (χ1) is 63.5. The topological polar surface area (TPSA) is 453 Å². The smallest absolute Gasteiger partial charge is 0.335 e. The van der Waals surface area contributed by atoms with Crippen LogP contribution in [0.25, 0.3) is 12.2 Å². The lowest BCUT2D eigenvalue weighted by Gasteiger charge is -2.47. The van der Waals surface area contributed by atoms with Crippen LogP contribution in [0.3, 0.4) is 0 Å². The van der Waals surface area contributed by atoms with E-state index < -0.39 is 180 Å². The second-order valence-electron chi connectivity index (χ2n) is 39.1. The molecule has 4 saturated heterocycles. The van der Waals surface area contributed by atoms with Gasteiger partial charge in [-0.15, -0.1) is 6.58 Å². The Morgan fingerprint density at radius 3 is 1.20 bits per heavy atom. The molecule has 0 spiro atoms. The zero-order valence-corrected chi connectivity index (χ0v) is 80.8. The number of aromatic carboxylic acids is 2. The summed E-state index contributed by atoms with van der Waals surface area (Å²) in [7, 11) is 6.06. The van der Waals surface area contributed by atoms with E-state index in [1.807, 2.05) is 64.2 Å². The third-order valence-electron chi connectivity index (χ3n) is 28.8. The van der Waals surface area contributed by atoms with Crippen molar-refractivity contribution in [1.82, 2.24) is 9.80 Å². The van der Waals surface area contributed by atoms with Gasteiger partial charge in [0.05, 0.1) is 60.0 Å². The number of nitrogens with zero attached hydrogens (tertiary/aromatic N) is 2. The van der Waals surface area contributed by atoms with E-state index in [0.29, 0.717) is 113 Å². The Balaban J connectivity index is 0.000000297. The number of methoxy groups -OCH3 is 4. The van der Waals surface area contributed by atoms with Crippen LogP contribution in [0.5, 0.6) is 0 Å². The van der Waals surface area contributed by atoms with Gasteiger partial charge in [-0.1, -0.05) is 132 Å². The lowest BCUT2D eigenvalue weighted by Crippen LogP contribution is -2.64. The van der Waals surface area contributed by atoms with Crippen molar-refractivity contribution in [2.75, 3.05) is 54.7 Å². The number of amides is 2. The maximum atomic E-state index is 14.5. The number of ketones is 4. The van der Waals surface area contributed by atoms with Crippen molar-refractivity contribution < 1.29 is 137 Å². The van der Waals surface area contributed by atoms with Gasteiger partial charge in [0.25, 0.3) is 23.4 Å². The molecule has 2 amide bonds. The number of allylic oxidation sites excluding steroid dienone is 8. The molecule has 0 radical (unpaired) electrons. The van der Waals surface area contributed by atoms with Gasteiger partial charge in [-0.25, -0.2) is 19.2 Å². The number of hydrogen-bond acceptors (Lipinski definition) is 26. The van der Waals surface area contributed by atoms with Gasteiger partial charge in [-0.3, -0.25) is 28.8 Å². The number of carbonyl (C=O) groups is 10. The van der Waals surface area contributed by atoms with Crippen LogP contribution in [0.2, 0.25) is 0 Å². The van der Waals surface area contributed by atoms with Gasteiger partial charge in [-0.2, -0.15) is 0 Å². The Kier molecular flexibility index (Phi) is 42.9. The molecule has 0 aromatic heterocycles. The first-order valence-corrected chi connectivity index (χ1v) is 47.8. The molecule has 4 unspecified atom stereocenters. The highest BCUT2D eigenvalue weighted by Crippen LogP contribution is 2.44. The molecule has 2 aromatic carbocycles. The Hall–Kier alpha value is -8.44. The number of carboxylic acid groups (broad SMARTS) is 2. The molecule has 10 N–H and O–H groups in total. The van der Waals surface area contributed by atoms with E-state index in [4.69, 9.17) is 43.0 Å². The van der Waals surface area contributed by atoms with Crippen LogP contribution in [-0.2, 0) is 76.3 Å². The number of cyclic esters (lactones) is 2. The average Bonchev–Trinajstić information content (AvgIpc) is 0.790. The van der Waals surface area contributed by atoms with Gasteiger partial charge in [0, 0.05) is 115 Å². The first kappa shape index (κ1) is 111. The summed E-state index contributed by atoms with van der Waals surface area (Å²) < 4.78 is 48.6. The minimum absolute atomic E-state index is 0.00385. The van der Waals surface area contributed by atoms with Gasteiger partial charge < -0.3 is 98.8 Å². The number of esters is 2. The maximum absolute atomic E-state index is 14.5. The van der Waals surface area contributed by atoms with Crippen LogP contribution in [0.15, 0.2) is 120 Å². The molecule has 2 saturated carbocycles. The van der Waals surface area contributed by atoms with Gasteiger partial charge in [-0.05, 0) is 226 Å². The Labute approximate surface area is 789 Å². The molecule has 10 rings (SSSR count). The molecular formula is C104H150N2O28. The van der Waals surface area contributed by atoms with Crippen molar-refractivity contribution in [3.05, 3.63) is 143 Å². The zero-order chi connectivity index (χ0) is 98.9. The highest BCUT2D eigenvalue weighted by Gasteiger charge is 2.59. The molecule has 8 aliphatic rings. The summed E-state index contributed by atoms with van der Waals surface area (Å²) in [6, 6.07) is 10.6. The Morgan fingerprint density at radius 2 is 0.851 bits per heavy atom. The molecule has 30 nitrogen and oxygen atoms in total. The predicted octanol–water partition coefficient (Wildman–Crippen LogP) is 11.7. The standard InChI is InChI=1S/C51H73NO14.C44H69NO12.C9H8O2/c1-29-21-30(2)23-43(63-6)46-44(64-7)25-32(4)51(62,66-46)47(57)48(58)52-20-9-8-13-39(52)50(61)65-45(31(3)24-35-16-19-40(54)38(26-35)28-53)33(5)41(55)27-42(56)37(22-29)12-10-11-34-14-17-36(18-15-34)49(59)60;1-9-12-31-18-25(2)17-26(3)19-37(54-7)40-38(55-8)21-28(5)44(53,57-40)41(50)42(51)45-16-11-10-13-33(45)43(52)56-39(29(6)35(48)23-36(31)49)27(4)20-30-14-15-34(47)32(22-30)24-46;1-2-7-3-5-8(6-4-7)9(10)11/h10-11,14-15,17-18,22,24,30,32-33,35,37-41,43-46,53-55,62H,8-9,12-13,16,19-21,23,25-28H2,1-7H3,(H,59,60);9,18,20,26,28-35,37-40,46-48,53H,1,10-17,19,21-24H2,2-8H3;2-6H,1H2,(H,10,11)/b11-10+,29-22+,31-24+;25-18+,27-20+;/t30-,32+,33+,35-,37?,38-,39?,40+,41-,43-,44-,45+,46+,51+;26-,28+,29+,30-,31?,32-,33?,34+,35-,37-,38-,39+,40+,44+;/m00./s1. The van der Waals surface area contributed by atoms with E-state index in [2.05, 4.69) is 13.2 Å². The quantitative estimate of drug-likeness (QED) is 0.0376. The van der Waals surface area contributed by atoms with Gasteiger partial charge in [0.1, 0.15) is 48.1 Å². The number of carboxylic acids is 2. The summed E-state index contributed by atoms with van der Waals surface area (Å²) in [5.74, 6) is -18.9. The number of hydrogen-bond donors (Lipinski definition) is 10. The maximum Gasteiger partial charge on any atom is 0.335 e. The number of rotatable bonds is 18. The highest BCUT2D eigenvalue weighted by atomic mass is 16.7. The molecule has 134 heavy (non-hydrogen) atoms. The van der Waals surface area contributed by atoms with Crippen molar-refractivity contribution in [3.8, 4) is 0 Å². The monoisotopic (exact) mass is 1880 g/mol. The summed E-state index contributed by atoms with van der Waals surface area (Å²) >= 11 is 0. The minimum Gasteiger partial charge on any atom is -0.478 e. The fourth-order valence-corrected chi connectivity index (χ4v) is 20.7. The summed E-state index contributed by atoms with van der Waals surface area (Å²) in [5, 5.41) is 106. The zero-order valence-electron chi connectivity index (χ0n) is 80.8. The van der Waals surface area contributed by atoms with Crippen molar-refractivity contribution in [3.63, 3.8) is 0 Å². The van der Waals surface area contributed by atoms with Crippen molar-refractivity contribution in [2.24, 2.45) is 71.0 Å². The predicted molar refractivity (Wildman–Crippen MR) is 500 cm³/mol. The van der Waals surface area contributed by atoms with Crippen LogP contribution < -0.4 is 0 Å². The fourth-order valence-electron chi connectivity index (χ4n) is 20.7. The molecule has 28 atom stereocenters. The number of carbonyl (C=O) groups excluding carboxylic acids is 8. The van der Waals surface area contributed by atoms with E-state index in [-0.39, 0.29) is 124 Å². The SMILES string of the molecule is C=CCC1/C=C(\C)C[C@H](C)C[C@H](OC)[C@H]2O[C@@](O)(C(=O)C(=O)N3CCCCC3C(=O)O[C@H](/C(C)=C/[C@@H]3CC[C@@H](O)[C@H](CO)C3)[C@H](C)[C@@H](O)CC1=O)[C@H](C)C[C@@H]2OC.C=Cc1ccc(C(=O)O)cc1.CO[C@H]1C[C@@H](C)C/C(C)=C/C(C/C=C/c2ccc(C(=O)O)cc2)C(=O)C[C@H](O)[C@@H](C)[C@@H](/C(C)=C/[C@@H]2CC[C@@H](O)[C@H](CO)C2)OC(=O)C2CCCCN2C(=O)C(=O)[C@]2(O)O[C@H]1[C@@H](OC)C[C@H]2C. The van der Waals surface area contributed by atoms with Crippen LogP contribution >= 0.6 is 0 Å². The number of Topliss-reactive ketones (excluding diaryl/α,β-unsaturated/α-hetero) is 4. The first-order valence-electron chi connectivity index (χ1n) is 47.8. The van der Waals surface area contributed by atoms with Gasteiger partial charge in [0.15, 0.2) is 0 Å². The second kappa shape index (κ2) is 51.8. The molecular weight excluding hydrogens is 1730 g/mol. The van der Waals surface area contributed by atoms with E-state index in [1.165, 1.54) is 45.5 Å². The summed E-state index contributed by atoms with van der Waals surface area (Å²) in [4.78, 5) is 138. The molecule has 6 fully saturated rings. The van der Waals surface area contributed by atoms with E-state index in [0.717, 1.165) is 27.2 Å². The van der Waals surface area contributed by atoms with Crippen molar-refractivity contribution in [1.29, 1.82) is 0 Å². The molecule has 4 bridgehead atoms. The summed E-state index contributed by atoms with van der Waals surface area (Å²) in [5.41, 5.74) is 5.18. The Morgan fingerprint density at radius 1 is 0.485 bits per heavy atom. The van der Waals surface area contributed by atoms with Crippen LogP contribution in [0.4, 0.5) is 0 Å². The van der Waals surface area contributed by atoms with Gasteiger partial charge in [0.2, 0.25) is 11.6 Å². The summed E-state index contributed by atoms with van der Waals surface area (Å²) in [6.45, 7) is 25.3. The number of ether oxygens (including phenoxy) is 8. The third-order valence-corrected chi connectivity index (χ3v) is 28.8. The molecule has 744 valence electrons. The van der Waals surface area contributed by atoms with E-state index in [9.17, 15) is 93.9 Å². The second-order valence-corrected chi connectivity index (χ2v) is 39.1. The molecule has 2 aliphatic carbocycles. The molecule has 30 heteroatoms. The number of benzene rings is 2. The van der Waals surface area contributed by atoms with Crippen LogP contribution in [-0.4, -0.2) is 271 Å². The number of aliphatic hydroxyl groups is 8. The van der Waals surface area contributed by atoms with E-state index in [1.54, 1.807) is 90.1 Å². The van der Waals surface area contributed by atoms with E-state index >= 15 is 0 Å². The number of fused-ring (bicyclic) bond motifs is 6. The normalized spacial score (nSPS) is 36.4. The minimum atomic E-state index is -2.56. The van der Waals surface area contributed by atoms with Crippen LogP contribution in [0, 0.1) is 71.0 Å². The van der Waals surface area contributed by atoms with Crippen molar-refractivity contribution >= 4 is 71.0 Å². The largest absolute Gasteiger partial charge is 0.478 e. The lowest BCUT2D eigenvalue weighted by atomic mass is 9.78. The average molecular weight is 1880 g/mol. The number of aliphatic hydroxyl groups excluding tert-OH is 6. The molecule has 6 aliphatic heterocycles. The molecule has 6 heterocycles. The van der Waals surface area contributed by atoms with Crippen molar-refractivity contribution in [2.45, 2.75) is 307 Å². The fraction of sp³-hybridized carbons (Fsp3) is 0.654. The van der Waals surface area contributed by atoms with Crippen LogP contribution in [0.1, 0.15) is 242 Å². The Bertz CT molecular complexity index is 4460. The highest BCUT2D eigenvalue weighted by molar-refractivity contribution is 6.39. The molecule has 2 aromatic rings. The third kappa shape index (κ3) is 29.1. The van der Waals surface area contributed by atoms with Gasteiger partial charge >= 0.3 is 23.9 Å². The summed E-state index contributed by atoms with van der Waals surface area (Å²) in [6.07, 6.45) is 12.8. The lowest BCUT2D eigenvalue weighted by molar-refractivity contribution is -0.302.